The quantitative estimate of drug-likeness (QED) is 0.473. The maximum atomic E-state index is 12.2. The van der Waals surface area contributed by atoms with Gasteiger partial charge >= 0.3 is 5.97 Å². The van der Waals surface area contributed by atoms with Crippen molar-refractivity contribution >= 4 is 28.6 Å². The van der Waals surface area contributed by atoms with Gasteiger partial charge in [0.05, 0.1) is 15.9 Å². The van der Waals surface area contributed by atoms with E-state index in [0.29, 0.717) is 12.3 Å². The third kappa shape index (κ3) is 3.17. The van der Waals surface area contributed by atoms with Gasteiger partial charge in [0.25, 0.3) is 0 Å². The van der Waals surface area contributed by atoms with Crippen LogP contribution in [0.2, 0.25) is 0 Å². The lowest BCUT2D eigenvalue weighted by Crippen LogP contribution is -2.06. The molecule has 3 nitrogen and oxygen atoms in total. The molecule has 0 radical (unpaired) electrons. The first-order valence-electron chi connectivity index (χ1n) is 7.41. The van der Waals surface area contributed by atoms with Crippen LogP contribution in [0.3, 0.4) is 0 Å². The lowest BCUT2D eigenvalue weighted by atomic mass is 10.0. The van der Waals surface area contributed by atoms with E-state index in [2.05, 4.69) is 27.6 Å². The Morgan fingerprint density at radius 3 is 2.13 bits per heavy atom. The molecule has 0 unspecified atom stereocenters. The molecule has 0 spiro atoms. The Morgan fingerprint density at radius 2 is 1.57 bits per heavy atom. The molecule has 23 heavy (non-hydrogen) atoms. The number of H-pyrrole nitrogens is 1. The summed E-state index contributed by atoms with van der Waals surface area (Å²) in [6, 6.07) is 20.1. The van der Waals surface area contributed by atoms with Crippen LogP contribution in [0.5, 0.6) is 0 Å². The Kier molecular flexibility index (Phi) is 4.81. The van der Waals surface area contributed by atoms with Gasteiger partial charge in [-0.1, -0.05) is 60.7 Å². The van der Waals surface area contributed by atoms with Gasteiger partial charge in [-0.2, -0.15) is 0 Å². The van der Waals surface area contributed by atoms with Gasteiger partial charge in [0, 0.05) is 5.56 Å². The summed E-state index contributed by atoms with van der Waals surface area (Å²) >= 11 is 2.21. The molecule has 0 aliphatic rings. The maximum absolute atomic E-state index is 12.2. The summed E-state index contributed by atoms with van der Waals surface area (Å²) in [6.45, 7) is 2.17. The number of carbonyl (C=O) groups is 1. The Hall–Kier alpha value is -2.08. The first-order chi connectivity index (χ1) is 11.2. The number of halogens is 1. The van der Waals surface area contributed by atoms with Crippen molar-refractivity contribution in [1.82, 2.24) is 4.98 Å². The molecule has 0 amide bonds. The monoisotopic (exact) mass is 417 g/mol. The number of aromatic nitrogens is 1. The summed E-state index contributed by atoms with van der Waals surface area (Å²) in [5.41, 5.74) is 4.58. The lowest BCUT2D eigenvalue weighted by molar-refractivity contribution is 0.0519. The van der Waals surface area contributed by atoms with Gasteiger partial charge < -0.3 is 9.72 Å². The Balaban J connectivity index is 2.21. The Bertz CT molecular complexity index is 810. The van der Waals surface area contributed by atoms with Gasteiger partial charge in [-0.05, 0) is 40.6 Å². The Morgan fingerprint density at radius 1 is 1.00 bits per heavy atom. The van der Waals surface area contributed by atoms with E-state index >= 15 is 0 Å². The van der Waals surface area contributed by atoms with Crippen molar-refractivity contribution in [2.45, 2.75) is 6.92 Å². The summed E-state index contributed by atoms with van der Waals surface area (Å²) in [5, 5.41) is 0. The Labute approximate surface area is 148 Å². The largest absolute Gasteiger partial charge is 0.461 e. The molecule has 1 N–H and O–H groups in total. The standard InChI is InChI=1S/C19H16INO2/c1-2-23-19(22)18-16(20)15(13-9-5-3-6-10-13)17(21-18)14-11-7-4-8-12-14/h3-12,21H,2H2,1H3. The van der Waals surface area contributed by atoms with Gasteiger partial charge in [-0.25, -0.2) is 4.79 Å². The van der Waals surface area contributed by atoms with E-state index < -0.39 is 0 Å². The smallest absolute Gasteiger partial charge is 0.355 e. The molecule has 2 aromatic carbocycles. The van der Waals surface area contributed by atoms with Crippen LogP contribution in [-0.2, 0) is 4.74 Å². The summed E-state index contributed by atoms with van der Waals surface area (Å²) < 4.78 is 6.05. The minimum absolute atomic E-state index is 0.323. The van der Waals surface area contributed by atoms with Crippen molar-refractivity contribution in [2.75, 3.05) is 6.61 Å². The zero-order chi connectivity index (χ0) is 16.2. The fourth-order valence-electron chi connectivity index (χ4n) is 2.52. The average Bonchev–Trinajstić information content (AvgIpc) is 2.94. The number of benzene rings is 2. The highest BCUT2D eigenvalue weighted by atomic mass is 127. The van der Waals surface area contributed by atoms with E-state index in [4.69, 9.17) is 4.74 Å². The van der Waals surface area contributed by atoms with Gasteiger partial charge in [0.1, 0.15) is 5.69 Å². The number of ether oxygens (including phenoxy) is 1. The highest BCUT2D eigenvalue weighted by Gasteiger charge is 2.23. The van der Waals surface area contributed by atoms with Crippen LogP contribution in [0, 0.1) is 3.57 Å². The van der Waals surface area contributed by atoms with Crippen molar-refractivity contribution < 1.29 is 9.53 Å². The minimum Gasteiger partial charge on any atom is -0.461 e. The molecule has 0 saturated heterocycles. The van der Waals surface area contributed by atoms with E-state index in [1.165, 1.54) is 0 Å². The fraction of sp³-hybridized carbons (Fsp3) is 0.105. The van der Waals surface area contributed by atoms with E-state index in [-0.39, 0.29) is 5.97 Å². The minimum atomic E-state index is -0.323. The van der Waals surface area contributed by atoms with E-state index in [0.717, 1.165) is 26.0 Å². The maximum Gasteiger partial charge on any atom is 0.355 e. The van der Waals surface area contributed by atoms with Crippen molar-refractivity contribution in [1.29, 1.82) is 0 Å². The zero-order valence-corrected chi connectivity index (χ0v) is 14.8. The normalized spacial score (nSPS) is 10.5. The predicted molar refractivity (Wildman–Crippen MR) is 100 cm³/mol. The second-order valence-electron chi connectivity index (χ2n) is 5.02. The van der Waals surface area contributed by atoms with Gasteiger partial charge in [0.15, 0.2) is 0 Å². The van der Waals surface area contributed by atoms with Crippen LogP contribution in [0.25, 0.3) is 22.4 Å². The third-order valence-electron chi connectivity index (χ3n) is 3.54. The molecule has 3 aromatic rings. The summed E-state index contributed by atoms with van der Waals surface area (Å²) in [5.74, 6) is -0.323. The molecule has 0 fully saturated rings. The number of esters is 1. The fourth-order valence-corrected chi connectivity index (χ4v) is 3.45. The summed E-state index contributed by atoms with van der Waals surface area (Å²) in [6.07, 6.45) is 0. The van der Waals surface area contributed by atoms with Crippen molar-refractivity contribution in [3.05, 3.63) is 69.9 Å². The summed E-state index contributed by atoms with van der Waals surface area (Å²) in [4.78, 5) is 15.5. The topological polar surface area (TPSA) is 42.1 Å². The second kappa shape index (κ2) is 7.00. The number of rotatable bonds is 4. The third-order valence-corrected chi connectivity index (χ3v) is 4.62. The van der Waals surface area contributed by atoms with Crippen molar-refractivity contribution in [3.63, 3.8) is 0 Å². The number of carbonyl (C=O) groups excluding carboxylic acids is 1. The first kappa shape index (κ1) is 15.8. The van der Waals surface area contributed by atoms with Crippen LogP contribution < -0.4 is 0 Å². The molecule has 0 aliphatic heterocycles. The molecule has 3 rings (SSSR count). The van der Waals surface area contributed by atoms with Crippen molar-refractivity contribution in [2.24, 2.45) is 0 Å². The van der Waals surface area contributed by atoms with Gasteiger partial charge in [-0.3, -0.25) is 0 Å². The predicted octanol–water partition coefficient (Wildman–Crippen LogP) is 5.13. The highest BCUT2D eigenvalue weighted by Crippen LogP contribution is 2.37. The lowest BCUT2D eigenvalue weighted by Gasteiger charge is -2.05. The average molecular weight is 417 g/mol. The molecule has 1 aromatic heterocycles. The summed E-state index contributed by atoms with van der Waals surface area (Å²) in [7, 11) is 0. The van der Waals surface area contributed by atoms with Crippen LogP contribution in [0.1, 0.15) is 17.4 Å². The van der Waals surface area contributed by atoms with E-state index in [1.54, 1.807) is 0 Å². The highest BCUT2D eigenvalue weighted by molar-refractivity contribution is 14.1. The van der Waals surface area contributed by atoms with Crippen molar-refractivity contribution in [3.8, 4) is 22.4 Å². The van der Waals surface area contributed by atoms with Crippen LogP contribution in [0.4, 0.5) is 0 Å². The SMILES string of the molecule is CCOC(=O)c1[nH]c(-c2ccccc2)c(-c2ccccc2)c1I. The van der Waals surface area contributed by atoms with Crippen LogP contribution in [0.15, 0.2) is 60.7 Å². The van der Waals surface area contributed by atoms with Gasteiger partial charge in [-0.15, -0.1) is 0 Å². The van der Waals surface area contributed by atoms with Crippen LogP contribution >= 0.6 is 22.6 Å². The second-order valence-corrected chi connectivity index (χ2v) is 6.10. The number of hydrogen-bond acceptors (Lipinski definition) is 2. The number of nitrogens with one attached hydrogen (secondary N) is 1. The molecule has 116 valence electrons. The molecule has 1 heterocycles. The molecule has 0 aliphatic carbocycles. The molecular weight excluding hydrogens is 401 g/mol. The zero-order valence-electron chi connectivity index (χ0n) is 12.7. The molecule has 0 atom stereocenters. The first-order valence-corrected chi connectivity index (χ1v) is 8.49. The molecule has 4 heteroatoms. The van der Waals surface area contributed by atoms with E-state index in [9.17, 15) is 4.79 Å². The van der Waals surface area contributed by atoms with Crippen LogP contribution in [-0.4, -0.2) is 17.6 Å². The van der Waals surface area contributed by atoms with Gasteiger partial charge in [0.2, 0.25) is 0 Å². The molecule has 0 saturated carbocycles. The molecule has 0 bridgehead atoms. The molecular formula is C19H16INO2. The number of hydrogen-bond donors (Lipinski definition) is 1. The number of aromatic amines is 1. The van der Waals surface area contributed by atoms with E-state index in [1.807, 2.05) is 67.6 Å².